The zero-order valence-corrected chi connectivity index (χ0v) is 11.2. The summed E-state index contributed by atoms with van der Waals surface area (Å²) in [5, 5.41) is 5.34. The highest BCUT2D eigenvalue weighted by Gasteiger charge is 2.21. The van der Waals surface area contributed by atoms with Gasteiger partial charge in [-0.2, -0.15) is 9.78 Å². The average Bonchev–Trinajstić information content (AvgIpc) is 2.65. The van der Waals surface area contributed by atoms with Crippen LogP contribution < -0.4 is 0 Å². The van der Waals surface area contributed by atoms with E-state index in [1.807, 2.05) is 52.0 Å². The number of nitrogens with zero attached hydrogens (tertiary/aromatic N) is 2. The third kappa shape index (κ3) is 2.37. The number of rotatable bonds is 1. The fourth-order valence-corrected chi connectivity index (χ4v) is 1.84. The highest BCUT2D eigenvalue weighted by molar-refractivity contribution is 5.89. The number of aryl methyl sites for hydroxylation is 1. The van der Waals surface area contributed by atoms with Crippen LogP contribution in [0.25, 0.3) is 10.9 Å². The molecule has 0 aliphatic carbocycles. The maximum absolute atomic E-state index is 12.1. The van der Waals surface area contributed by atoms with Gasteiger partial charge in [0.1, 0.15) is 5.60 Å². The van der Waals surface area contributed by atoms with E-state index in [1.54, 1.807) is 0 Å². The number of aromatic nitrogens is 2. The number of hydrogen-bond donors (Lipinski definition) is 0. The maximum Gasteiger partial charge on any atom is 0.435 e. The first-order valence-corrected chi connectivity index (χ1v) is 6.12. The molecule has 0 bridgehead atoms. The van der Waals surface area contributed by atoms with Gasteiger partial charge < -0.3 is 4.74 Å². The molecule has 0 fully saturated rings. The number of fused-ring (bicyclic) bond motifs is 1. The third-order valence-corrected chi connectivity index (χ3v) is 2.57. The Morgan fingerprint density at radius 3 is 2.61 bits per heavy atom. The van der Waals surface area contributed by atoms with Crippen LogP contribution in [-0.4, -0.2) is 21.5 Å². The first kappa shape index (κ1) is 12.6. The molecule has 4 heteroatoms. The smallest absolute Gasteiger partial charge is 0.435 e. The van der Waals surface area contributed by atoms with Crippen LogP contribution >= 0.6 is 0 Å². The summed E-state index contributed by atoms with van der Waals surface area (Å²) in [7, 11) is 0. The molecule has 0 N–H and O–H groups in total. The van der Waals surface area contributed by atoms with E-state index in [0.29, 0.717) is 0 Å². The molecule has 4 nitrogen and oxygen atoms in total. The Balaban J connectivity index is 2.48. The van der Waals surface area contributed by atoms with Crippen LogP contribution in [0.1, 0.15) is 33.4 Å². The zero-order chi connectivity index (χ0) is 13.3. The minimum atomic E-state index is -0.517. The van der Waals surface area contributed by atoms with Gasteiger partial charge >= 0.3 is 6.09 Å². The van der Waals surface area contributed by atoms with Gasteiger partial charge in [0, 0.05) is 5.39 Å². The standard InChI is InChI=1S/C14H18N2O2/c1-5-11-10-8-6-7-9-12(10)16(15-11)13(17)18-14(2,3)4/h6-9H,5H2,1-4H3. The molecule has 0 aliphatic rings. The lowest BCUT2D eigenvalue weighted by Gasteiger charge is -2.19. The van der Waals surface area contributed by atoms with Crippen LogP contribution in [-0.2, 0) is 11.2 Å². The lowest BCUT2D eigenvalue weighted by Crippen LogP contribution is -2.27. The number of ether oxygens (including phenoxy) is 1. The first-order valence-electron chi connectivity index (χ1n) is 6.12. The van der Waals surface area contributed by atoms with Crippen molar-refractivity contribution in [2.75, 3.05) is 0 Å². The Kier molecular flexibility index (Phi) is 3.11. The zero-order valence-electron chi connectivity index (χ0n) is 11.2. The second kappa shape index (κ2) is 4.44. The van der Waals surface area contributed by atoms with Crippen molar-refractivity contribution in [3.8, 4) is 0 Å². The Labute approximate surface area is 107 Å². The molecule has 1 heterocycles. The highest BCUT2D eigenvalue weighted by atomic mass is 16.6. The topological polar surface area (TPSA) is 44.1 Å². The molecule has 1 aromatic heterocycles. The summed E-state index contributed by atoms with van der Waals surface area (Å²) in [6.07, 6.45) is 0.356. The van der Waals surface area contributed by atoms with Crippen molar-refractivity contribution in [1.29, 1.82) is 0 Å². The fraction of sp³-hybridized carbons (Fsp3) is 0.429. The van der Waals surface area contributed by atoms with E-state index in [4.69, 9.17) is 4.74 Å². The number of hydrogen-bond acceptors (Lipinski definition) is 3. The van der Waals surface area contributed by atoms with E-state index >= 15 is 0 Å². The quantitative estimate of drug-likeness (QED) is 0.774. The summed E-state index contributed by atoms with van der Waals surface area (Å²) in [5.41, 5.74) is 1.19. The maximum atomic E-state index is 12.1. The molecule has 2 aromatic rings. The Morgan fingerprint density at radius 2 is 2.00 bits per heavy atom. The van der Waals surface area contributed by atoms with Crippen LogP contribution in [0.4, 0.5) is 4.79 Å². The van der Waals surface area contributed by atoms with Crippen LogP contribution in [0.2, 0.25) is 0 Å². The van der Waals surface area contributed by atoms with Crippen molar-refractivity contribution in [1.82, 2.24) is 9.78 Å². The molecule has 0 atom stereocenters. The van der Waals surface area contributed by atoms with Gasteiger partial charge in [0.2, 0.25) is 0 Å². The molecule has 0 radical (unpaired) electrons. The molecule has 96 valence electrons. The minimum Gasteiger partial charge on any atom is -0.442 e. The van der Waals surface area contributed by atoms with Crippen molar-refractivity contribution in [2.24, 2.45) is 0 Å². The van der Waals surface area contributed by atoms with Gasteiger partial charge in [0.25, 0.3) is 0 Å². The minimum absolute atomic E-state index is 0.432. The van der Waals surface area contributed by atoms with Crippen molar-refractivity contribution in [2.45, 2.75) is 39.7 Å². The molecular formula is C14H18N2O2. The molecule has 0 saturated carbocycles. The second-order valence-electron chi connectivity index (χ2n) is 5.21. The van der Waals surface area contributed by atoms with Gasteiger partial charge in [-0.3, -0.25) is 0 Å². The van der Waals surface area contributed by atoms with Crippen molar-refractivity contribution in [3.05, 3.63) is 30.0 Å². The van der Waals surface area contributed by atoms with Gasteiger partial charge in [0.15, 0.2) is 0 Å². The predicted molar refractivity (Wildman–Crippen MR) is 70.7 cm³/mol. The molecule has 0 aliphatic heterocycles. The summed E-state index contributed by atoms with van der Waals surface area (Å²) >= 11 is 0. The molecule has 1 aromatic carbocycles. The summed E-state index contributed by atoms with van der Waals surface area (Å²) in [6, 6.07) is 7.69. The second-order valence-corrected chi connectivity index (χ2v) is 5.21. The monoisotopic (exact) mass is 246 g/mol. The van der Waals surface area contributed by atoms with Gasteiger partial charge in [-0.25, -0.2) is 4.79 Å². The number of benzene rings is 1. The molecule has 0 unspecified atom stereocenters. The van der Waals surface area contributed by atoms with E-state index in [2.05, 4.69) is 5.10 Å². The fourth-order valence-electron chi connectivity index (χ4n) is 1.84. The van der Waals surface area contributed by atoms with Gasteiger partial charge in [0.05, 0.1) is 11.2 Å². The number of carbonyl (C=O) groups is 1. The van der Waals surface area contributed by atoms with E-state index < -0.39 is 11.7 Å². The third-order valence-electron chi connectivity index (χ3n) is 2.57. The summed E-state index contributed by atoms with van der Waals surface area (Å²) in [5.74, 6) is 0. The molecule has 0 saturated heterocycles. The van der Waals surface area contributed by atoms with Crippen molar-refractivity contribution < 1.29 is 9.53 Å². The average molecular weight is 246 g/mol. The van der Waals surface area contributed by atoms with Crippen LogP contribution in [0, 0.1) is 0 Å². The summed E-state index contributed by atoms with van der Waals surface area (Å²) < 4.78 is 6.70. The molecule has 2 rings (SSSR count). The predicted octanol–water partition coefficient (Wildman–Crippen LogP) is 3.38. The van der Waals surface area contributed by atoms with Crippen LogP contribution in [0.15, 0.2) is 24.3 Å². The molecule has 0 spiro atoms. The lowest BCUT2D eigenvalue weighted by molar-refractivity contribution is 0.0522. The van der Waals surface area contributed by atoms with Crippen molar-refractivity contribution in [3.63, 3.8) is 0 Å². The van der Waals surface area contributed by atoms with Gasteiger partial charge in [-0.05, 0) is 33.3 Å². The number of para-hydroxylation sites is 1. The normalized spacial score (nSPS) is 11.8. The number of carbonyl (C=O) groups excluding carboxylic acids is 1. The molecule has 0 amide bonds. The molecular weight excluding hydrogens is 228 g/mol. The summed E-state index contributed by atoms with van der Waals surface area (Å²) in [6.45, 7) is 7.56. The van der Waals surface area contributed by atoms with E-state index in [1.165, 1.54) is 4.68 Å². The Morgan fingerprint density at radius 1 is 1.33 bits per heavy atom. The van der Waals surface area contributed by atoms with E-state index in [-0.39, 0.29) is 0 Å². The molecule has 18 heavy (non-hydrogen) atoms. The Bertz CT molecular complexity index is 579. The van der Waals surface area contributed by atoms with E-state index in [0.717, 1.165) is 23.0 Å². The van der Waals surface area contributed by atoms with Crippen LogP contribution in [0.3, 0.4) is 0 Å². The van der Waals surface area contributed by atoms with E-state index in [9.17, 15) is 4.79 Å². The van der Waals surface area contributed by atoms with Gasteiger partial charge in [-0.1, -0.05) is 25.1 Å². The first-order chi connectivity index (χ1) is 8.42. The highest BCUT2D eigenvalue weighted by Crippen LogP contribution is 2.20. The van der Waals surface area contributed by atoms with Crippen molar-refractivity contribution >= 4 is 17.0 Å². The van der Waals surface area contributed by atoms with Crippen LogP contribution in [0.5, 0.6) is 0 Å². The van der Waals surface area contributed by atoms with Gasteiger partial charge in [-0.15, -0.1) is 0 Å². The SMILES string of the molecule is CCc1nn(C(=O)OC(C)(C)C)c2ccccc12. The summed E-state index contributed by atoms with van der Waals surface area (Å²) in [4.78, 5) is 12.1. The lowest BCUT2D eigenvalue weighted by atomic mass is 10.2. The Hall–Kier alpha value is -1.84. The largest absolute Gasteiger partial charge is 0.442 e.